The number of unbranched alkanes of at least 4 members (excludes halogenated alkanes) is 1. The van der Waals surface area contributed by atoms with Crippen molar-refractivity contribution in [3.63, 3.8) is 0 Å². The number of fused-ring (bicyclic) bond motifs is 1. The number of aliphatic hydroxyl groups excluding tert-OH is 1. The number of halogens is 1. The van der Waals surface area contributed by atoms with Gasteiger partial charge in [0.05, 0.1) is 33.4 Å². The van der Waals surface area contributed by atoms with Crippen molar-refractivity contribution < 1.29 is 43.5 Å². The summed E-state index contributed by atoms with van der Waals surface area (Å²) in [5, 5.41) is 22.4. The molecular formula is C36H43ClN2O9. The number of benzene rings is 3. The van der Waals surface area contributed by atoms with Crippen molar-refractivity contribution in [2.45, 2.75) is 58.2 Å². The van der Waals surface area contributed by atoms with Crippen LogP contribution in [0.5, 0.6) is 17.2 Å². The maximum Gasteiger partial charge on any atom is 0.303 e. The van der Waals surface area contributed by atoms with E-state index in [4.69, 9.17) is 35.7 Å². The number of ether oxygens (including phenoxy) is 4. The Morgan fingerprint density at radius 1 is 0.979 bits per heavy atom. The van der Waals surface area contributed by atoms with Crippen molar-refractivity contribution in [1.29, 1.82) is 0 Å². The number of anilines is 2. The maximum atomic E-state index is 14.4. The normalized spacial score (nSPS) is 16.1. The highest BCUT2D eigenvalue weighted by atomic mass is 35.5. The Morgan fingerprint density at radius 3 is 2.40 bits per heavy atom. The number of methoxy groups -OCH3 is 3. The van der Waals surface area contributed by atoms with Crippen LogP contribution in [-0.4, -0.2) is 68.6 Å². The summed E-state index contributed by atoms with van der Waals surface area (Å²) in [7, 11) is 4.52. The lowest BCUT2D eigenvalue weighted by molar-refractivity contribution is -0.137. The molecule has 3 aromatic carbocycles. The average Bonchev–Trinajstić information content (AvgIpc) is 3.16. The number of rotatable bonds is 15. The Labute approximate surface area is 285 Å². The molecule has 1 aliphatic rings. The first-order valence-corrected chi connectivity index (χ1v) is 16.1. The first-order chi connectivity index (χ1) is 22.9. The molecule has 3 N–H and O–H groups in total. The van der Waals surface area contributed by atoms with Crippen LogP contribution in [0, 0.1) is 5.41 Å². The molecule has 48 heavy (non-hydrogen) atoms. The van der Waals surface area contributed by atoms with Crippen LogP contribution >= 0.6 is 11.6 Å². The molecule has 2 amide bonds. The Kier molecular flexibility index (Phi) is 12.3. The van der Waals surface area contributed by atoms with E-state index < -0.39 is 35.4 Å². The third-order valence-corrected chi connectivity index (χ3v) is 8.38. The van der Waals surface area contributed by atoms with E-state index >= 15 is 0 Å². The van der Waals surface area contributed by atoms with Gasteiger partial charge in [-0.15, -0.1) is 0 Å². The van der Waals surface area contributed by atoms with Crippen LogP contribution in [0.2, 0.25) is 5.02 Å². The first-order valence-electron chi connectivity index (χ1n) is 15.7. The van der Waals surface area contributed by atoms with E-state index in [1.54, 1.807) is 53.4 Å². The molecule has 1 heterocycles. The fourth-order valence-electron chi connectivity index (χ4n) is 5.69. The summed E-state index contributed by atoms with van der Waals surface area (Å²) in [6, 6.07) is 15.9. The molecular weight excluding hydrogens is 640 g/mol. The van der Waals surface area contributed by atoms with Crippen molar-refractivity contribution in [3.05, 3.63) is 76.3 Å². The summed E-state index contributed by atoms with van der Waals surface area (Å²) in [6.45, 7) is 3.63. The van der Waals surface area contributed by atoms with Gasteiger partial charge in [-0.1, -0.05) is 43.6 Å². The fraction of sp³-hybridized carbons (Fsp3) is 0.417. The standard InChI is InChI=1S/C36H43ClN2O9/c1-36(2,21-40)20-39-27-15-14-23(37)18-25(27)33(24-10-8-11-29(46-4)34(24)47-5)48-30(35(39)44)19-31(41)38-26-17-22(13-16-28(26)45-3)9-6-7-12-32(42)43/h8,10-11,13-18,30,33,40H,6-7,9,12,19-21H2,1-5H3,(H,38,41)(H,42,43)/t30-,33-/m1/s1. The van der Waals surface area contributed by atoms with Crippen molar-refractivity contribution in [1.82, 2.24) is 0 Å². The molecule has 0 aromatic heterocycles. The Balaban J connectivity index is 1.72. The largest absolute Gasteiger partial charge is 0.495 e. The smallest absolute Gasteiger partial charge is 0.303 e. The van der Waals surface area contributed by atoms with E-state index in [1.807, 2.05) is 19.9 Å². The first kappa shape index (κ1) is 36.5. The summed E-state index contributed by atoms with van der Waals surface area (Å²) < 4.78 is 23.4. The summed E-state index contributed by atoms with van der Waals surface area (Å²) in [4.78, 5) is 40.5. The molecule has 12 heteroatoms. The van der Waals surface area contributed by atoms with Crippen LogP contribution in [0.1, 0.15) is 62.3 Å². The molecule has 0 radical (unpaired) electrons. The number of hydrogen-bond donors (Lipinski definition) is 3. The van der Waals surface area contributed by atoms with Gasteiger partial charge in [0, 0.05) is 46.8 Å². The lowest BCUT2D eigenvalue weighted by Crippen LogP contribution is -2.46. The minimum absolute atomic E-state index is 0.0837. The summed E-state index contributed by atoms with van der Waals surface area (Å²) >= 11 is 6.51. The van der Waals surface area contributed by atoms with Gasteiger partial charge in [-0.05, 0) is 61.2 Å². The molecule has 3 aromatic rings. The number of carbonyl (C=O) groups is 3. The van der Waals surface area contributed by atoms with E-state index in [9.17, 15) is 19.5 Å². The quantitative estimate of drug-likeness (QED) is 0.164. The Bertz CT molecular complexity index is 1630. The number of aliphatic hydroxyl groups is 1. The predicted molar refractivity (Wildman–Crippen MR) is 182 cm³/mol. The van der Waals surface area contributed by atoms with Crippen molar-refractivity contribution >= 4 is 40.8 Å². The molecule has 11 nitrogen and oxygen atoms in total. The number of aryl methyl sites for hydroxylation is 1. The van der Waals surface area contributed by atoms with Crippen molar-refractivity contribution in [2.24, 2.45) is 5.41 Å². The van der Waals surface area contributed by atoms with Crippen LogP contribution in [0.4, 0.5) is 11.4 Å². The number of carboxylic acids is 1. The van der Waals surface area contributed by atoms with Crippen molar-refractivity contribution in [3.8, 4) is 17.2 Å². The Morgan fingerprint density at radius 2 is 1.73 bits per heavy atom. The molecule has 0 saturated carbocycles. The second-order valence-electron chi connectivity index (χ2n) is 12.4. The lowest BCUT2D eigenvalue weighted by atomic mass is 9.92. The maximum absolute atomic E-state index is 14.4. The van der Waals surface area contributed by atoms with E-state index in [0.717, 1.165) is 5.56 Å². The lowest BCUT2D eigenvalue weighted by Gasteiger charge is -2.32. The molecule has 4 rings (SSSR count). The third-order valence-electron chi connectivity index (χ3n) is 8.15. The highest BCUT2D eigenvalue weighted by Crippen LogP contribution is 2.45. The topological polar surface area (TPSA) is 144 Å². The fourth-order valence-corrected chi connectivity index (χ4v) is 5.87. The minimum Gasteiger partial charge on any atom is -0.495 e. The molecule has 2 atom stereocenters. The molecule has 1 aliphatic heterocycles. The van der Waals surface area contributed by atoms with Gasteiger partial charge in [-0.2, -0.15) is 0 Å². The van der Waals surface area contributed by atoms with Gasteiger partial charge in [0.25, 0.3) is 5.91 Å². The van der Waals surface area contributed by atoms with Gasteiger partial charge in [0.15, 0.2) is 11.5 Å². The molecule has 0 spiro atoms. The number of aliphatic carboxylic acids is 1. The number of amides is 2. The minimum atomic E-state index is -1.25. The number of para-hydroxylation sites is 1. The van der Waals surface area contributed by atoms with Gasteiger partial charge in [-0.25, -0.2) is 0 Å². The average molecular weight is 683 g/mol. The predicted octanol–water partition coefficient (Wildman–Crippen LogP) is 6.03. The van der Waals surface area contributed by atoms with E-state index in [1.165, 1.54) is 21.3 Å². The zero-order valence-electron chi connectivity index (χ0n) is 27.9. The Hall–Kier alpha value is -4.32. The summed E-state index contributed by atoms with van der Waals surface area (Å²) in [5.41, 5.74) is 2.30. The number of carboxylic acid groups (broad SMARTS) is 1. The van der Waals surface area contributed by atoms with Gasteiger partial charge >= 0.3 is 5.97 Å². The molecule has 258 valence electrons. The zero-order chi connectivity index (χ0) is 35.0. The van der Waals surface area contributed by atoms with E-state index in [0.29, 0.717) is 64.0 Å². The van der Waals surface area contributed by atoms with Crippen LogP contribution in [0.15, 0.2) is 54.6 Å². The molecule has 0 unspecified atom stereocenters. The van der Waals surface area contributed by atoms with Gasteiger partial charge in [0.1, 0.15) is 18.0 Å². The summed E-state index contributed by atoms with van der Waals surface area (Å²) in [6.07, 6.45) is -0.596. The highest BCUT2D eigenvalue weighted by molar-refractivity contribution is 6.30. The van der Waals surface area contributed by atoms with Crippen LogP contribution in [-0.2, 0) is 25.5 Å². The summed E-state index contributed by atoms with van der Waals surface area (Å²) in [5.74, 6) is -0.501. The van der Waals surface area contributed by atoms with E-state index in [2.05, 4.69) is 5.32 Å². The van der Waals surface area contributed by atoms with Gasteiger partial charge in [-0.3, -0.25) is 14.4 Å². The number of nitrogens with zero attached hydrogens (tertiary/aromatic N) is 1. The second kappa shape index (κ2) is 16.2. The molecule has 0 aliphatic carbocycles. The van der Waals surface area contributed by atoms with Gasteiger partial charge in [0.2, 0.25) is 5.91 Å². The highest BCUT2D eigenvalue weighted by Gasteiger charge is 2.40. The molecule has 0 saturated heterocycles. The third kappa shape index (κ3) is 8.77. The molecule has 0 bridgehead atoms. The number of hydrogen-bond acceptors (Lipinski definition) is 8. The van der Waals surface area contributed by atoms with Gasteiger partial charge < -0.3 is 39.4 Å². The monoisotopic (exact) mass is 682 g/mol. The number of carbonyl (C=O) groups excluding carboxylic acids is 2. The van der Waals surface area contributed by atoms with E-state index in [-0.39, 0.29) is 26.0 Å². The SMILES string of the molecule is COc1ccc(CCCCC(=O)O)cc1NC(=O)C[C@H]1O[C@H](c2cccc(OC)c2OC)c2cc(Cl)ccc2N(CC(C)(C)CO)C1=O. The number of nitrogens with one attached hydrogen (secondary N) is 1. The molecule has 0 fully saturated rings. The van der Waals surface area contributed by atoms with Crippen molar-refractivity contribution in [2.75, 3.05) is 44.7 Å². The zero-order valence-corrected chi connectivity index (χ0v) is 28.6. The second-order valence-corrected chi connectivity index (χ2v) is 12.9. The van der Waals surface area contributed by atoms with Crippen LogP contribution in [0.25, 0.3) is 0 Å². The van der Waals surface area contributed by atoms with Crippen LogP contribution in [0.3, 0.4) is 0 Å². The van der Waals surface area contributed by atoms with Crippen LogP contribution < -0.4 is 24.4 Å².